The normalized spacial score (nSPS) is 10.0. The largest absolute Gasteiger partial charge is 0.493 e. The van der Waals surface area contributed by atoms with Gasteiger partial charge in [-0.3, -0.25) is 0 Å². The van der Waals surface area contributed by atoms with Crippen LogP contribution in [-0.2, 0) is 5.88 Å². The summed E-state index contributed by atoms with van der Waals surface area (Å²) in [5.74, 6) is 1.94. The smallest absolute Gasteiger partial charge is 0.173 e. The van der Waals surface area contributed by atoms with E-state index in [9.17, 15) is 0 Å². The number of hydrogen-bond donors (Lipinski definition) is 1. The minimum Gasteiger partial charge on any atom is -0.493 e. The molecule has 3 nitrogen and oxygen atoms in total. The van der Waals surface area contributed by atoms with Crippen LogP contribution in [0, 0.1) is 0 Å². The SMILES string of the molecule is COc1cccnc1Nc1ccc(CCl)cc1. The van der Waals surface area contributed by atoms with E-state index < -0.39 is 0 Å². The molecule has 0 saturated carbocycles. The van der Waals surface area contributed by atoms with Gasteiger partial charge in [-0.1, -0.05) is 12.1 Å². The second kappa shape index (κ2) is 5.55. The molecule has 0 aliphatic carbocycles. The third kappa shape index (κ3) is 2.88. The quantitative estimate of drug-likeness (QED) is 0.840. The first-order chi connectivity index (χ1) is 8.33. The molecule has 0 spiro atoms. The highest BCUT2D eigenvalue weighted by Crippen LogP contribution is 2.24. The summed E-state index contributed by atoms with van der Waals surface area (Å²) in [5.41, 5.74) is 2.04. The molecule has 17 heavy (non-hydrogen) atoms. The first-order valence-electron chi connectivity index (χ1n) is 5.24. The first kappa shape index (κ1) is 11.7. The molecular weight excluding hydrogens is 236 g/mol. The molecule has 0 amide bonds. The van der Waals surface area contributed by atoms with Crippen LogP contribution >= 0.6 is 11.6 Å². The van der Waals surface area contributed by atoms with E-state index in [0.717, 1.165) is 11.3 Å². The number of aromatic nitrogens is 1. The fourth-order valence-corrected chi connectivity index (χ4v) is 1.64. The van der Waals surface area contributed by atoms with Crippen molar-refractivity contribution in [3.8, 4) is 5.75 Å². The van der Waals surface area contributed by atoms with Crippen molar-refractivity contribution in [3.05, 3.63) is 48.2 Å². The van der Waals surface area contributed by atoms with Gasteiger partial charge in [-0.15, -0.1) is 11.6 Å². The zero-order valence-electron chi connectivity index (χ0n) is 9.48. The molecule has 0 fully saturated rings. The van der Waals surface area contributed by atoms with Gasteiger partial charge in [0.1, 0.15) is 0 Å². The summed E-state index contributed by atoms with van der Waals surface area (Å²) in [6.45, 7) is 0. The summed E-state index contributed by atoms with van der Waals surface area (Å²) < 4.78 is 5.22. The Kier molecular flexibility index (Phi) is 3.83. The molecule has 1 aromatic carbocycles. The molecule has 4 heteroatoms. The lowest BCUT2D eigenvalue weighted by Gasteiger charge is -2.09. The Morgan fingerprint density at radius 2 is 2.00 bits per heavy atom. The summed E-state index contributed by atoms with van der Waals surface area (Å²) in [5, 5.41) is 3.20. The van der Waals surface area contributed by atoms with Crippen LogP contribution in [0.5, 0.6) is 5.75 Å². The van der Waals surface area contributed by atoms with Gasteiger partial charge in [0.25, 0.3) is 0 Å². The summed E-state index contributed by atoms with van der Waals surface area (Å²) in [4.78, 5) is 4.23. The molecule has 0 aliphatic rings. The van der Waals surface area contributed by atoms with E-state index in [2.05, 4.69) is 10.3 Å². The lowest BCUT2D eigenvalue weighted by Crippen LogP contribution is -1.96. The fraction of sp³-hybridized carbons (Fsp3) is 0.154. The summed E-state index contributed by atoms with van der Waals surface area (Å²) in [6, 6.07) is 11.6. The van der Waals surface area contributed by atoms with Crippen LogP contribution in [0.25, 0.3) is 0 Å². The van der Waals surface area contributed by atoms with Gasteiger partial charge in [0.05, 0.1) is 7.11 Å². The number of pyridine rings is 1. The highest BCUT2D eigenvalue weighted by molar-refractivity contribution is 6.17. The van der Waals surface area contributed by atoms with Gasteiger partial charge in [-0.25, -0.2) is 4.98 Å². The standard InChI is InChI=1S/C13H13ClN2O/c1-17-12-3-2-8-15-13(12)16-11-6-4-10(9-14)5-7-11/h2-8H,9H2,1H3,(H,15,16). The van der Waals surface area contributed by atoms with E-state index >= 15 is 0 Å². The van der Waals surface area contributed by atoms with E-state index in [1.165, 1.54) is 0 Å². The maximum Gasteiger partial charge on any atom is 0.173 e. The summed E-state index contributed by atoms with van der Waals surface area (Å²) >= 11 is 5.73. The van der Waals surface area contributed by atoms with Crippen molar-refractivity contribution in [1.29, 1.82) is 0 Å². The van der Waals surface area contributed by atoms with Crippen molar-refractivity contribution in [2.24, 2.45) is 0 Å². The average Bonchev–Trinajstić information content (AvgIpc) is 2.40. The monoisotopic (exact) mass is 248 g/mol. The lowest BCUT2D eigenvalue weighted by atomic mass is 10.2. The summed E-state index contributed by atoms with van der Waals surface area (Å²) in [7, 11) is 1.62. The number of benzene rings is 1. The lowest BCUT2D eigenvalue weighted by molar-refractivity contribution is 0.415. The zero-order chi connectivity index (χ0) is 12.1. The van der Waals surface area contributed by atoms with Crippen molar-refractivity contribution in [3.63, 3.8) is 0 Å². The van der Waals surface area contributed by atoms with Crippen molar-refractivity contribution in [1.82, 2.24) is 4.98 Å². The molecule has 2 rings (SSSR count). The molecule has 0 radical (unpaired) electrons. The predicted molar refractivity (Wildman–Crippen MR) is 70.1 cm³/mol. The maximum atomic E-state index is 5.73. The Bertz CT molecular complexity index is 485. The fourth-order valence-electron chi connectivity index (χ4n) is 1.46. The average molecular weight is 249 g/mol. The second-order valence-electron chi connectivity index (χ2n) is 3.51. The van der Waals surface area contributed by atoms with Gasteiger partial charge in [0, 0.05) is 17.8 Å². The second-order valence-corrected chi connectivity index (χ2v) is 3.78. The Balaban J connectivity index is 2.19. The first-order valence-corrected chi connectivity index (χ1v) is 5.78. The number of rotatable bonds is 4. The van der Waals surface area contributed by atoms with Gasteiger partial charge < -0.3 is 10.1 Å². The van der Waals surface area contributed by atoms with Gasteiger partial charge >= 0.3 is 0 Å². The number of halogens is 1. The Hall–Kier alpha value is -1.74. The van der Waals surface area contributed by atoms with Crippen LogP contribution in [0.4, 0.5) is 11.5 Å². The third-order valence-corrected chi connectivity index (χ3v) is 2.67. The molecule has 1 N–H and O–H groups in total. The molecule has 0 bridgehead atoms. The number of methoxy groups -OCH3 is 1. The van der Waals surface area contributed by atoms with Crippen LogP contribution in [0.2, 0.25) is 0 Å². The highest BCUT2D eigenvalue weighted by atomic mass is 35.5. The van der Waals surface area contributed by atoms with Crippen molar-refractivity contribution >= 4 is 23.1 Å². The van der Waals surface area contributed by atoms with Gasteiger partial charge in [0.2, 0.25) is 0 Å². The van der Waals surface area contributed by atoms with Gasteiger partial charge in [-0.05, 0) is 29.8 Å². The molecule has 1 heterocycles. The van der Waals surface area contributed by atoms with Crippen LogP contribution in [0.3, 0.4) is 0 Å². The van der Waals surface area contributed by atoms with E-state index in [1.54, 1.807) is 13.3 Å². The molecular formula is C13H13ClN2O. The molecule has 0 unspecified atom stereocenters. The molecule has 2 aromatic rings. The van der Waals surface area contributed by atoms with Crippen LogP contribution in [0.1, 0.15) is 5.56 Å². The number of ether oxygens (including phenoxy) is 1. The van der Waals surface area contributed by atoms with E-state index in [-0.39, 0.29) is 0 Å². The van der Waals surface area contributed by atoms with Gasteiger partial charge in [0.15, 0.2) is 11.6 Å². The van der Waals surface area contributed by atoms with Crippen LogP contribution in [-0.4, -0.2) is 12.1 Å². The minimum atomic E-state index is 0.521. The molecule has 88 valence electrons. The minimum absolute atomic E-state index is 0.521. The van der Waals surface area contributed by atoms with Crippen molar-refractivity contribution in [2.75, 3.05) is 12.4 Å². The van der Waals surface area contributed by atoms with Crippen molar-refractivity contribution < 1.29 is 4.74 Å². The number of nitrogens with one attached hydrogen (secondary N) is 1. The van der Waals surface area contributed by atoms with Crippen LogP contribution < -0.4 is 10.1 Å². The number of anilines is 2. The highest BCUT2D eigenvalue weighted by Gasteiger charge is 2.03. The van der Waals surface area contributed by atoms with E-state index in [4.69, 9.17) is 16.3 Å². The maximum absolute atomic E-state index is 5.73. The molecule has 0 aliphatic heterocycles. The van der Waals surface area contributed by atoms with E-state index in [1.807, 2.05) is 36.4 Å². The molecule has 1 aromatic heterocycles. The Morgan fingerprint density at radius 1 is 1.24 bits per heavy atom. The topological polar surface area (TPSA) is 34.1 Å². The van der Waals surface area contributed by atoms with Crippen LogP contribution in [0.15, 0.2) is 42.6 Å². The number of nitrogens with zero attached hydrogens (tertiary/aromatic N) is 1. The van der Waals surface area contributed by atoms with Crippen molar-refractivity contribution in [2.45, 2.75) is 5.88 Å². The third-order valence-electron chi connectivity index (χ3n) is 2.36. The Morgan fingerprint density at radius 3 is 2.65 bits per heavy atom. The van der Waals surface area contributed by atoms with E-state index in [0.29, 0.717) is 17.4 Å². The predicted octanol–water partition coefficient (Wildman–Crippen LogP) is 3.57. The molecule has 0 saturated heterocycles. The summed E-state index contributed by atoms with van der Waals surface area (Å²) in [6.07, 6.45) is 1.72. The molecule has 0 atom stereocenters. The number of hydrogen-bond acceptors (Lipinski definition) is 3. The van der Waals surface area contributed by atoms with Gasteiger partial charge in [-0.2, -0.15) is 0 Å². The number of alkyl halides is 1. The zero-order valence-corrected chi connectivity index (χ0v) is 10.2. The Labute approximate surface area is 105 Å².